The normalized spacial score (nSPS) is 29.9. The van der Waals surface area contributed by atoms with Crippen LogP contribution in [0.5, 0.6) is 0 Å². The minimum Gasteiger partial charge on any atom is -0.313 e. The van der Waals surface area contributed by atoms with Gasteiger partial charge in [-0.3, -0.25) is 0 Å². The fourth-order valence-corrected chi connectivity index (χ4v) is 3.95. The van der Waals surface area contributed by atoms with Gasteiger partial charge < -0.3 is 5.32 Å². The Balaban J connectivity index is 1.71. The van der Waals surface area contributed by atoms with Crippen molar-refractivity contribution in [2.75, 3.05) is 18.1 Å². The molecule has 0 radical (unpaired) electrons. The second-order valence-corrected chi connectivity index (χ2v) is 8.18. The van der Waals surface area contributed by atoms with Crippen molar-refractivity contribution < 1.29 is 8.42 Å². The third-order valence-corrected chi connectivity index (χ3v) is 6.19. The van der Waals surface area contributed by atoms with Gasteiger partial charge in [-0.05, 0) is 50.5 Å². The fourth-order valence-electron chi connectivity index (χ4n) is 2.36. The first kappa shape index (κ1) is 12.4. The maximum atomic E-state index is 11.3. The average molecular weight is 245 g/mol. The van der Waals surface area contributed by atoms with E-state index in [-0.39, 0.29) is 0 Å². The standard InChI is InChI=1S/C12H23NO2S/c1-10(12(2)5-6-12)13-9-11-3-7-16(14,15)8-4-11/h10-11,13H,3-9H2,1-2H3. The van der Waals surface area contributed by atoms with Crippen LogP contribution in [0.15, 0.2) is 0 Å². The van der Waals surface area contributed by atoms with E-state index in [2.05, 4.69) is 19.2 Å². The molecule has 3 nitrogen and oxygen atoms in total. The molecule has 1 saturated heterocycles. The van der Waals surface area contributed by atoms with Gasteiger partial charge in [0.1, 0.15) is 9.84 Å². The Bertz CT molecular complexity index is 332. The van der Waals surface area contributed by atoms with Crippen LogP contribution in [0.25, 0.3) is 0 Å². The van der Waals surface area contributed by atoms with Crippen molar-refractivity contribution >= 4 is 9.84 Å². The number of rotatable bonds is 4. The quantitative estimate of drug-likeness (QED) is 0.818. The summed E-state index contributed by atoms with van der Waals surface area (Å²) in [6.45, 7) is 5.58. The zero-order valence-corrected chi connectivity index (χ0v) is 11.1. The molecule has 0 aromatic carbocycles. The molecule has 0 bridgehead atoms. The Morgan fingerprint density at radius 2 is 1.88 bits per heavy atom. The Morgan fingerprint density at radius 3 is 2.38 bits per heavy atom. The van der Waals surface area contributed by atoms with Crippen LogP contribution in [-0.2, 0) is 9.84 Å². The summed E-state index contributed by atoms with van der Waals surface area (Å²) in [6.07, 6.45) is 4.36. The molecule has 1 atom stereocenters. The van der Waals surface area contributed by atoms with Gasteiger partial charge in [0, 0.05) is 6.04 Å². The van der Waals surface area contributed by atoms with Crippen LogP contribution in [0, 0.1) is 11.3 Å². The number of nitrogens with one attached hydrogen (secondary N) is 1. The van der Waals surface area contributed by atoms with Gasteiger partial charge in [0.25, 0.3) is 0 Å². The van der Waals surface area contributed by atoms with Gasteiger partial charge in [-0.1, -0.05) is 6.92 Å². The van der Waals surface area contributed by atoms with Crippen LogP contribution in [-0.4, -0.2) is 32.5 Å². The molecule has 1 unspecified atom stereocenters. The van der Waals surface area contributed by atoms with E-state index in [1.807, 2.05) is 0 Å². The van der Waals surface area contributed by atoms with Gasteiger partial charge in [-0.2, -0.15) is 0 Å². The third-order valence-electron chi connectivity index (χ3n) is 4.47. The van der Waals surface area contributed by atoms with E-state index in [0.29, 0.717) is 28.9 Å². The molecule has 0 aromatic heterocycles. The Kier molecular flexibility index (Phi) is 3.32. The van der Waals surface area contributed by atoms with E-state index in [4.69, 9.17) is 0 Å². The monoisotopic (exact) mass is 245 g/mol. The van der Waals surface area contributed by atoms with Gasteiger partial charge in [0.15, 0.2) is 0 Å². The second-order valence-electron chi connectivity index (χ2n) is 5.88. The average Bonchev–Trinajstić information content (AvgIpc) is 2.96. The molecule has 0 spiro atoms. The van der Waals surface area contributed by atoms with Crippen LogP contribution in [0.4, 0.5) is 0 Å². The van der Waals surface area contributed by atoms with Crippen LogP contribution in [0.2, 0.25) is 0 Å². The lowest BCUT2D eigenvalue weighted by atomic mass is 9.98. The van der Waals surface area contributed by atoms with E-state index in [9.17, 15) is 8.42 Å². The number of hydrogen-bond acceptors (Lipinski definition) is 3. The predicted molar refractivity (Wildman–Crippen MR) is 66.2 cm³/mol. The van der Waals surface area contributed by atoms with Crippen LogP contribution in [0.1, 0.15) is 39.5 Å². The van der Waals surface area contributed by atoms with E-state index >= 15 is 0 Å². The van der Waals surface area contributed by atoms with Gasteiger partial charge in [0.05, 0.1) is 11.5 Å². The lowest BCUT2D eigenvalue weighted by Crippen LogP contribution is -2.38. The van der Waals surface area contributed by atoms with Gasteiger partial charge >= 0.3 is 0 Å². The zero-order chi connectivity index (χ0) is 11.8. The molecule has 1 aliphatic heterocycles. The molecule has 1 heterocycles. The summed E-state index contributed by atoms with van der Waals surface area (Å²) in [6, 6.07) is 0.575. The summed E-state index contributed by atoms with van der Waals surface area (Å²) in [5.74, 6) is 1.35. The molecule has 16 heavy (non-hydrogen) atoms. The lowest BCUT2D eigenvalue weighted by molar-refractivity contribution is 0.338. The van der Waals surface area contributed by atoms with Crippen molar-refractivity contribution in [2.45, 2.75) is 45.6 Å². The smallest absolute Gasteiger partial charge is 0.150 e. The summed E-state index contributed by atoms with van der Waals surface area (Å²) >= 11 is 0. The van der Waals surface area contributed by atoms with Crippen molar-refractivity contribution in [3.8, 4) is 0 Å². The van der Waals surface area contributed by atoms with Crippen LogP contribution in [0.3, 0.4) is 0 Å². The molecular weight excluding hydrogens is 222 g/mol. The first-order chi connectivity index (χ1) is 7.41. The molecule has 2 fully saturated rings. The van der Waals surface area contributed by atoms with Gasteiger partial charge in [-0.15, -0.1) is 0 Å². The molecule has 1 aliphatic carbocycles. The topological polar surface area (TPSA) is 46.2 Å². The summed E-state index contributed by atoms with van der Waals surface area (Å²) in [5.41, 5.74) is 0.515. The first-order valence-corrected chi connectivity index (χ1v) is 8.17. The maximum Gasteiger partial charge on any atom is 0.150 e. The van der Waals surface area contributed by atoms with Crippen molar-refractivity contribution in [3.05, 3.63) is 0 Å². The van der Waals surface area contributed by atoms with Crippen molar-refractivity contribution in [2.24, 2.45) is 11.3 Å². The van der Waals surface area contributed by atoms with Crippen molar-refractivity contribution in [1.82, 2.24) is 5.32 Å². The number of hydrogen-bond donors (Lipinski definition) is 1. The van der Waals surface area contributed by atoms with Gasteiger partial charge in [0.2, 0.25) is 0 Å². The largest absolute Gasteiger partial charge is 0.313 e. The van der Waals surface area contributed by atoms with Crippen molar-refractivity contribution in [1.29, 1.82) is 0 Å². The van der Waals surface area contributed by atoms with E-state index in [0.717, 1.165) is 19.4 Å². The third kappa shape index (κ3) is 2.98. The van der Waals surface area contributed by atoms with Gasteiger partial charge in [-0.25, -0.2) is 8.42 Å². The fraction of sp³-hybridized carbons (Fsp3) is 1.00. The number of sulfone groups is 1. The Hall–Kier alpha value is -0.0900. The zero-order valence-electron chi connectivity index (χ0n) is 10.3. The molecule has 1 N–H and O–H groups in total. The lowest BCUT2D eigenvalue weighted by Gasteiger charge is -2.26. The SMILES string of the molecule is CC(NCC1CCS(=O)(=O)CC1)C1(C)CC1. The van der Waals surface area contributed by atoms with Crippen molar-refractivity contribution in [3.63, 3.8) is 0 Å². The summed E-state index contributed by atoms with van der Waals surface area (Å²) < 4.78 is 22.6. The first-order valence-electron chi connectivity index (χ1n) is 6.35. The van der Waals surface area contributed by atoms with E-state index < -0.39 is 9.84 Å². The second kappa shape index (κ2) is 4.30. The molecule has 0 amide bonds. The summed E-state index contributed by atoms with van der Waals surface area (Å²) in [7, 11) is -2.70. The Morgan fingerprint density at radius 1 is 1.31 bits per heavy atom. The Labute approximate surface area is 98.9 Å². The van der Waals surface area contributed by atoms with E-state index in [1.54, 1.807) is 0 Å². The summed E-state index contributed by atoms with van der Waals surface area (Å²) in [4.78, 5) is 0. The highest BCUT2D eigenvalue weighted by Crippen LogP contribution is 2.47. The minimum absolute atomic E-state index is 0.394. The molecule has 2 rings (SSSR count). The highest BCUT2D eigenvalue weighted by atomic mass is 32.2. The molecule has 2 aliphatic rings. The molecule has 0 aromatic rings. The van der Waals surface area contributed by atoms with Crippen LogP contribution < -0.4 is 5.32 Å². The highest BCUT2D eigenvalue weighted by molar-refractivity contribution is 7.91. The molecule has 4 heteroatoms. The molecule has 94 valence electrons. The maximum absolute atomic E-state index is 11.3. The molecule has 1 saturated carbocycles. The predicted octanol–water partition coefficient (Wildman–Crippen LogP) is 1.59. The molecular formula is C12H23NO2S. The summed E-state index contributed by atoms with van der Waals surface area (Å²) in [5, 5.41) is 3.59. The van der Waals surface area contributed by atoms with E-state index in [1.165, 1.54) is 12.8 Å². The minimum atomic E-state index is -2.70. The highest BCUT2D eigenvalue weighted by Gasteiger charge is 2.42. The van der Waals surface area contributed by atoms with Crippen LogP contribution >= 0.6 is 0 Å².